The minimum absolute atomic E-state index is 0.154. The summed E-state index contributed by atoms with van der Waals surface area (Å²) in [7, 11) is 3.65. The van der Waals surface area contributed by atoms with Crippen LogP contribution in [-0.2, 0) is 0 Å². The Morgan fingerprint density at radius 1 is 1.26 bits per heavy atom. The number of nitrogens with one attached hydrogen (secondary N) is 1. The van der Waals surface area contributed by atoms with Gasteiger partial charge in [-0.25, -0.2) is 4.79 Å². The number of rotatable bonds is 3. The molecule has 0 bridgehead atoms. The fourth-order valence-corrected chi connectivity index (χ4v) is 3.35. The largest absolute Gasteiger partial charge is 0.331 e. The van der Waals surface area contributed by atoms with E-state index in [1.165, 1.54) is 25.7 Å². The first-order chi connectivity index (χ1) is 9.00. The van der Waals surface area contributed by atoms with Crippen molar-refractivity contribution in [2.24, 2.45) is 5.41 Å². The molecule has 0 atom stereocenters. The van der Waals surface area contributed by atoms with Crippen LogP contribution in [0.1, 0.15) is 45.4 Å². The van der Waals surface area contributed by atoms with E-state index in [2.05, 4.69) is 12.2 Å². The van der Waals surface area contributed by atoms with E-state index in [1.807, 2.05) is 19.0 Å². The highest BCUT2D eigenvalue weighted by molar-refractivity contribution is 5.73. The van der Waals surface area contributed by atoms with E-state index < -0.39 is 0 Å². The molecule has 1 N–H and O–H groups in total. The van der Waals surface area contributed by atoms with Gasteiger partial charge in [0.2, 0.25) is 0 Å². The maximum atomic E-state index is 11.9. The van der Waals surface area contributed by atoms with Crippen LogP contribution in [0.4, 0.5) is 4.79 Å². The zero-order chi connectivity index (χ0) is 13.9. The molecule has 1 aliphatic heterocycles. The first kappa shape index (κ1) is 14.6. The second-order valence-electron chi connectivity index (χ2n) is 6.84. The topological polar surface area (TPSA) is 35.6 Å². The molecule has 1 heterocycles. The Morgan fingerprint density at radius 3 is 2.37 bits per heavy atom. The van der Waals surface area contributed by atoms with Gasteiger partial charge in [0.25, 0.3) is 0 Å². The molecule has 110 valence electrons. The lowest BCUT2D eigenvalue weighted by atomic mass is 9.88. The number of likely N-dealkylation sites (tertiary alicyclic amines) is 1. The smallest absolute Gasteiger partial charge is 0.319 e. The molecule has 0 aromatic rings. The lowest BCUT2D eigenvalue weighted by molar-refractivity contribution is 0.149. The molecule has 0 radical (unpaired) electrons. The molecule has 2 aliphatic rings. The molecule has 0 unspecified atom stereocenters. The Morgan fingerprint density at radius 2 is 1.84 bits per heavy atom. The van der Waals surface area contributed by atoms with Gasteiger partial charge in [-0.3, -0.25) is 0 Å². The average molecular weight is 267 g/mol. The third kappa shape index (κ3) is 3.85. The second kappa shape index (κ2) is 6.12. The van der Waals surface area contributed by atoms with Crippen LogP contribution in [0.3, 0.4) is 0 Å². The summed E-state index contributed by atoms with van der Waals surface area (Å²) < 4.78 is 0. The van der Waals surface area contributed by atoms with Gasteiger partial charge < -0.3 is 15.1 Å². The van der Waals surface area contributed by atoms with E-state index >= 15 is 0 Å². The molecule has 0 aromatic carbocycles. The minimum atomic E-state index is 0.154. The van der Waals surface area contributed by atoms with Gasteiger partial charge in [-0.2, -0.15) is 0 Å². The standard InChI is InChI=1S/C15H29N3O/c1-15(8-4-5-9-15)12-16-13-6-10-18(11-7-13)14(19)17(2)3/h13,16H,4-12H2,1-3H3. The van der Waals surface area contributed by atoms with Crippen LogP contribution in [0.5, 0.6) is 0 Å². The highest BCUT2D eigenvalue weighted by atomic mass is 16.2. The summed E-state index contributed by atoms with van der Waals surface area (Å²) in [5.41, 5.74) is 0.524. The van der Waals surface area contributed by atoms with Gasteiger partial charge in [0.15, 0.2) is 0 Å². The van der Waals surface area contributed by atoms with Crippen molar-refractivity contribution in [3.63, 3.8) is 0 Å². The molecule has 4 heteroatoms. The monoisotopic (exact) mass is 267 g/mol. The van der Waals surface area contributed by atoms with Crippen LogP contribution < -0.4 is 5.32 Å². The predicted molar refractivity (Wildman–Crippen MR) is 78.3 cm³/mol. The summed E-state index contributed by atoms with van der Waals surface area (Å²) in [6.07, 6.45) is 7.73. The number of hydrogen-bond donors (Lipinski definition) is 1. The van der Waals surface area contributed by atoms with Gasteiger partial charge in [-0.1, -0.05) is 19.8 Å². The number of piperidine rings is 1. The maximum absolute atomic E-state index is 11.9. The van der Waals surface area contributed by atoms with Crippen molar-refractivity contribution in [1.82, 2.24) is 15.1 Å². The van der Waals surface area contributed by atoms with E-state index in [9.17, 15) is 4.79 Å². The van der Waals surface area contributed by atoms with E-state index in [-0.39, 0.29) is 6.03 Å². The minimum Gasteiger partial charge on any atom is -0.331 e. The molecule has 1 saturated heterocycles. The number of hydrogen-bond acceptors (Lipinski definition) is 2. The van der Waals surface area contributed by atoms with Crippen molar-refractivity contribution in [3.8, 4) is 0 Å². The summed E-state index contributed by atoms with van der Waals surface area (Å²) in [4.78, 5) is 15.5. The van der Waals surface area contributed by atoms with Gasteiger partial charge in [0.1, 0.15) is 0 Å². The number of nitrogens with zero attached hydrogens (tertiary/aromatic N) is 2. The van der Waals surface area contributed by atoms with Gasteiger partial charge in [0.05, 0.1) is 0 Å². The quantitative estimate of drug-likeness (QED) is 0.851. The third-order valence-electron chi connectivity index (χ3n) is 4.78. The molecule has 1 saturated carbocycles. The van der Waals surface area contributed by atoms with Crippen molar-refractivity contribution < 1.29 is 4.79 Å². The maximum Gasteiger partial charge on any atom is 0.319 e. The molecular weight excluding hydrogens is 238 g/mol. The molecule has 0 aromatic heterocycles. The summed E-state index contributed by atoms with van der Waals surface area (Å²) in [5, 5.41) is 3.74. The SMILES string of the molecule is CN(C)C(=O)N1CCC(NCC2(C)CCCC2)CC1. The van der Waals surface area contributed by atoms with Crippen LogP contribution in [0.15, 0.2) is 0 Å². The highest BCUT2D eigenvalue weighted by Crippen LogP contribution is 2.36. The number of urea groups is 1. The highest BCUT2D eigenvalue weighted by Gasteiger charge is 2.30. The lowest BCUT2D eigenvalue weighted by Crippen LogP contribution is -2.49. The zero-order valence-electron chi connectivity index (χ0n) is 12.7. The Balaban J connectivity index is 1.70. The fourth-order valence-electron chi connectivity index (χ4n) is 3.35. The van der Waals surface area contributed by atoms with Gasteiger partial charge in [-0.05, 0) is 31.1 Å². The number of carbonyl (C=O) groups excluding carboxylic acids is 1. The second-order valence-corrected chi connectivity index (χ2v) is 6.84. The Kier molecular flexibility index (Phi) is 4.71. The first-order valence-electron chi connectivity index (χ1n) is 7.70. The molecular formula is C15H29N3O. The fraction of sp³-hybridized carbons (Fsp3) is 0.933. The van der Waals surface area contributed by atoms with E-state index in [0.29, 0.717) is 11.5 Å². The van der Waals surface area contributed by atoms with Crippen LogP contribution in [0.25, 0.3) is 0 Å². The van der Waals surface area contributed by atoms with Crippen molar-refractivity contribution in [2.75, 3.05) is 33.7 Å². The summed E-state index contributed by atoms with van der Waals surface area (Å²) in [6.45, 7) is 5.35. The van der Waals surface area contributed by atoms with Crippen molar-refractivity contribution >= 4 is 6.03 Å². The van der Waals surface area contributed by atoms with E-state index in [1.54, 1.807) is 4.90 Å². The summed E-state index contributed by atoms with van der Waals surface area (Å²) in [5.74, 6) is 0. The Bertz CT molecular complexity index is 303. The molecule has 2 rings (SSSR count). The third-order valence-corrected chi connectivity index (χ3v) is 4.78. The number of amides is 2. The Hall–Kier alpha value is -0.770. The first-order valence-corrected chi connectivity index (χ1v) is 7.70. The molecule has 0 spiro atoms. The Labute approximate surface area is 117 Å². The van der Waals surface area contributed by atoms with E-state index in [4.69, 9.17) is 0 Å². The van der Waals surface area contributed by atoms with Gasteiger partial charge in [0, 0.05) is 39.8 Å². The lowest BCUT2D eigenvalue weighted by Gasteiger charge is -2.35. The molecule has 1 aliphatic carbocycles. The van der Waals surface area contributed by atoms with Gasteiger partial charge in [-0.15, -0.1) is 0 Å². The zero-order valence-corrected chi connectivity index (χ0v) is 12.7. The number of carbonyl (C=O) groups is 1. The van der Waals surface area contributed by atoms with Crippen LogP contribution in [0, 0.1) is 5.41 Å². The normalized spacial score (nSPS) is 23.6. The average Bonchev–Trinajstić information content (AvgIpc) is 2.83. The predicted octanol–water partition coefficient (Wildman–Crippen LogP) is 2.30. The van der Waals surface area contributed by atoms with Crippen LogP contribution >= 0.6 is 0 Å². The van der Waals surface area contributed by atoms with Crippen molar-refractivity contribution in [1.29, 1.82) is 0 Å². The van der Waals surface area contributed by atoms with Crippen LogP contribution in [0.2, 0.25) is 0 Å². The molecule has 19 heavy (non-hydrogen) atoms. The summed E-state index contributed by atoms with van der Waals surface area (Å²) in [6, 6.07) is 0.754. The molecule has 2 amide bonds. The summed E-state index contributed by atoms with van der Waals surface area (Å²) >= 11 is 0. The van der Waals surface area contributed by atoms with Gasteiger partial charge >= 0.3 is 6.03 Å². The van der Waals surface area contributed by atoms with Crippen molar-refractivity contribution in [2.45, 2.75) is 51.5 Å². The molecule has 2 fully saturated rings. The molecule has 4 nitrogen and oxygen atoms in total. The van der Waals surface area contributed by atoms with Crippen molar-refractivity contribution in [3.05, 3.63) is 0 Å². The van der Waals surface area contributed by atoms with E-state index in [0.717, 1.165) is 32.5 Å². The van der Waals surface area contributed by atoms with Crippen LogP contribution in [-0.4, -0.2) is 55.6 Å².